The van der Waals surface area contributed by atoms with Crippen molar-refractivity contribution in [3.8, 4) is 0 Å². The maximum absolute atomic E-state index is 12.0. The van der Waals surface area contributed by atoms with Crippen LogP contribution in [0.1, 0.15) is 25.7 Å². The second-order valence-electron chi connectivity index (χ2n) is 7.45. The summed E-state index contributed by atoms with van der Waals surface area (Å²) in [6, 6.07) is 0.648. The normalized spacial score (nSPS) is 31.0. The van der Waals surface area contributed by atoms with E-state index < -0.39 is 10.0 Å². The molecule has 1 unspecified atom stereocenters. The number of hydrogen-bond acceptors (Lipinski definition) is 5. The summed E-state index contributed by atoms with van der Waals surface area (Å²) in [6.45, 7) is 5.83. The third kappa shape index (κ3) is 3.74. The zero-order valence-electron chi connectivity index (χ0n) is 14.4. The first-order chi connectivity index (χ1) is 10.9. The van der Waals surface area contributed by atoms with Crippen LogP contribution < -0.4 is 0 Å². The summed E-state index contributed by atoms with van der Waals surface area (Å²) < 4.78 is 36.5. The van der Waals surface area contributed by atoms with E-state index in [2.05, 4.69) is 4.90 Å². The van der Waals surface area contributed by atoms with Gasteiger partial charge < -0.3 is 14.4 Å². The number of hydrogen-bond donors (Lipinski definition) is 0. The zero-order valence-corrected chi connectivity index (χ0v) is 15.2. The molecule has 3 saturated heterocycles. The minimum atomic E-state index is -3.12. The molecule has 23 heavy (non-hydrogen) atoms. The molecule has 0 aliphatic carbocycles. The Morgan fingerprint density at radius 1 is 1.22 bits per heavy atom. The number of piperidine rings is 1. The van der Waals surface area contributed by atoms with Crippen LogP contribution >= 0.6 is 0 Å². The lowest BCUT2D eigenvalue weighted by Gasteiger charge is -2.45. The van der Waals surface area contributed by atoms with Crippen molar-refractivity contribution in [3.63, 3.8) is 0 Å². The van der Waals surface area contributed by atoms with E-state index in [1.165, 1.54) is 6.26 Å². The molecule has 0 saturated carbocycles. The highest BCUT2D eigenvalue weighted by atomic mass is 32.2. The number of rotatable bonds is 4. The highest BCUT2D eigenvalue weighted by Gasteiger charge is 2.50. The Balaban J connectivity index is 1.66. The van der Waals surface area contributed by atoms with Gasteiger partial charge in [-0.2, -0.15) is 0 Å². The van der Waals surface area contributed by atoms with Crippen molar-refractivity contribution in [2.45, 2.75) is 31.7 Å². The number of nitrogens with zero attached hydrogens (tertiary/aromatic N) is 2. The minimum Gasteiger partial charge on any atom is -0.384 e. The van der Waals surface area contributed by atoms with Crippen LogP contribution in [0.25, 0.3) is 0 Å². The molecule has 134 valence electrons. The van der Waals surface area contributed by atoms with Crippen molar-refractivity contribution in [1.29, 1.82) is 0 Å². The van der Waals surface area contributed by atoms with Crippen molar-refractivity contribution < 1.29 is 17.9 Å². The maximum Gasteiger partial charge on any atom is 0.211 e. The fraction of sp³-hybridized carbons (Fsp3) is 1.00. The smallest absolute Gasteiger partial charge is 0.211 e. The molecule has 0 N–H and O–H groups in total. The lowest BCUT2D eigenvalue weighted by atomic mass is 9.71. The van der Waals surface area contributed by atoms with Gasteiger partial charge in [0.2, 0.25) is 10.0 Å². The maximum atomic E-state index is 12.0. The van der Waals surface area contributed by atoms with E-state index in [1.807, 2.05) is 0 Å². The molecule has 0 aromatic heterocycles. The fourth-order valence-corrected chi connectivity index (χ4v) is 5.56. The number of ether oxygens (including phenoxy) is 2. The first-order valence-corrected chi connectivity index (χ1v) is 10.6. The summed E-state index contributed by atoms with van der Waals surface area (Å²) in [6.07, 6.45) is 5.73. The van der Waals surface area contributed by atoms with Crippen molar-refractivity contribution >= 4 is 10.0 Å². The van der Waals surface area contributed by atoms with Gasteiger partial charge in [-0.3, -0.25) is 0 Å². The largest absolute Gasteiger partial charge is 0.384 e. The highest BCUT2D eigenvalue weighted by Crippen LogP contribution is 2.46. The van der Waals surface area contributed by atoms with E-state index in [9.17, 15) is 8.42 Å². The molecular weight excluding hydrogens is 316 g/mol. The monoisotopic (exact) mass is 346 g/mol. The van der Waals surface area contributed by atoms with E-state index >= 15 is 0 Å². The van der Waals surface area contributed by atoms with Crippen LogP contribution in [0.2, 0.25) is 0 Å². The van der Waals surface area contributed by atoms with Crippen molar-refractivity contribution in [1.82, 2.24) is 9.21 Å². The van der Waals surface area contributed by atoms with Gasteiger partial charge in [-0.15, -0.1) is 0 Å². The third-order valence-corrected chi connectivity index (χ3v) is 7.34. The van der Waals surface area contributed by atoms with E-state index in [4.69, 9.17) is 9.47 Å². The number of methoxy groups -OCH3 is 1. The standard InChI is InChI=1S/C16H30N2O4S/c1-21-12-14-11-18(23(2,19)20)13-16(14)5-7-17(8-6-16)15-3-9-22-10-4-15/h14-15H,3-13H2,1-2H3. The van der Waals surface area contributed by atoms with Crippen molar-refractivity contribution in [2.75, 3.05) is 59.4 Å². The predicted molar refractivity (Wildman–Crippen MR) is 88.9 cm³/mol. The summed E-state index contributed by atoms with van der Waals surface area (Å²) in [5.41, 5.74) is 0.0980. The fourth-order valence-electron chi connectivity index (χ4n) is 4.62. The quantitative estimate of drug-likeness (QED) is 0.753. The van der Waals surface area contributed by atoms with Gasteiger partial charge in [0, 0.05) is 45.4 Å². The summed E-state index contributed by atoms with van der Waals surface area (Å²) in [5.74, 6) is 0.319. The van der Waals surface area contributed by atoms with Crippen LogP contribution in [0, 0.1) is 11.3 Å². The molecule has 0 amide bonds. The summed E-state index contributed by atoms with van der Waals surface area (Å²) >= 11 is 0. The molecule has 3 aliphatic heterocycles. The molecule has 3 fully saturated rings. The van der Waals surface area contributed by atoms with Crippen LogP contribution in [-0.4, -0.2) is 83.0 Å². The highest BCUT2D eigenvalue weighted by molar-refractivity contribution is 7.88. The first-order valence-electron chi connectivity index (χ1n) is 8.70. The Labute approximate surface area is 140 Å². The van der Waals surface area contributed by atoms with Gasteiger partial charge in [0.05, 0.1) is 12.9 Å². The van der Waals surface area contributed by atoms with Crippen LogP contribution in [0.3, 0.4) is 0 Å². The first kappa shape index (κ1) is 17.6. The Hall–Kier alpha value is -0.210. The van der Waals surface area contributed by atoms with E-state index in [-0.39, 0.29) is 5.41 Å². The van der Waals surface area contributed by atoms with E-state index in [1.54, 1.807) is 11.4 Å². The molecule has 1 atom stereocenters. The Kier molecular flexibility index (Phi) is 5.33. The average molecular weight is 346 g/mol. The number of sulfonamides is 1. The van der Waals surface area contributed by atoms with E-state index in [0.29, 0.717) is 31.7 Å². The van der Waals surface area contributed by atoms with Crippen LogP contribution in [0.5, 0.6) is 0 Å². The molecule has 7 heteroatoms. The third-order valence-electron chi connectivity index (χ3n) is 6.12. The second-order valence-corrected chi connectivity index (χ2v) is 9.43. The molecule has 1 spiro atoms. The van der Waals surface area contributed by atoms with Gasteiger partial charge in [0.25, 0.3) is 0 Å². The average Bonchev–Trinajstić information content (AvgIpc) is 2.88. The Morgan fingerprint density at radius 2 is 1.87 bits per heavy atom. The number of likely N-dealkylation sites (tertiary alicyclic amines) is 1. The lowest BCUT2D eigenvalue weighted by Crippen LogP contribution is -2.50. The molecule has 3 heterocycles. The molecule has 0 aromatic carbocycles. The molecule has 0 radical (unpaired) electrons. The Bertz CT molecular complexity index is 496. The molecule has 0 aromatic rings. The molecule has 6 nitrogen and oxygen atoms in total. The van der Waals surface area contributed by atoms with Crippen molar-refractivity contribution in [3.05, 3.63) is 0 Å². The van der Waals surface area contributed by atoms with Gasteiger partial charge in [0.15, 0.2) is 0 Å². The molecule has 3 rings (SSSR count). The van der Waals surface area contributed by atoms with Crippen LogP contribution in [0.4, 0.5) is 0 Å². The van der Waals surface area contributed by atoms with Crippen LogP contribution in [0.15, 0.2) is 0 Å². The molecule has 0 bridgehead atoms. The Morgan fingerprint density at radius 3 is 2.43 bits per heavy atom. The van der Waals surface area contributed by atoms with Gasteiger partial charge >= 0.3 is 0 Å². The van der Waals surface area contributed by atoms with Gasteiger partial charge in [-0.1, -0.05) is 0 Å². The second kappa shape index (κ2) is 6.96. The SMILES string of the molecule is COCC1CN(S(C)(=O)=O)CC12CCN(C1CCOCC1)CC2. The van der Waals surface area contributed by atoms with Gasteiger partial charge in [0.1, 0.15) is 0 Å². The zero-order chi connectivity index (χ0) is 16.5. The lowest BCUT2D eigenvalue weighted by molar-refractivity contribution is -0.0103. The van der Waals surface area contributed by atoms with Crippen molar-refractivity contribution in [2.24, 2.45) is 11.3 Å². The summed E-state index contributed by atoms with van der Waals surface area (Å²) in [4.78, 5) is 2.60. The minimum absolute atomic E-state index is 0.0980. The van der Waals surface area contributed by atoms with Gasteiger partial charge in [-0.05, 0) is 44.2 Å². The van der Waals surface area contributed by atoms with Crippen LogP contribution in [-0.2, 0) is 19.5 Å². The molecular formula is C16H30N2O4S. The molecule has 3 aliphatic rings. The topological polar surface area (TPSA) is 59.1 Å². The predicted octanol–water partition coefficient (Wildman–Crippen LogP) is 0.785. The summed E-state index contributed by atoms with van der Waals surface area (Å²) in [7, 11) is -1.40. The van der Waals surface area contributed by atoms with Gasteiger partial charge in [-0.25, -0.2) is 12.7 Å². The van der Waals surface area contributed by atoms with E-state index in [0.717, 1.165) is 52.0 Å². The summed E-state index contributed by atoms with van der Waals surface area (Å²) in [5, 5.41) is 0.